The molecule has 1 rings (SSSR count). The number of anilines is 2. The fraction of sp³-hybridized carbons (Fsp3) is 0.636. The minimum atomic E-state index is 0.796. The minimum Gasteiger partial charge on any atom is -0.370 e. The highest BCUT2D eigenvalue weighted by atomic mass is 15.2. The van der Waals surface area contributed by atoms with E-state index < -0.39 is 0 Å². The van der Waals surface area contributed by atoms with Gasteiger partial charge >= 0.3 is 0 Å². The molecule has 0 atom stereocenters. The van der Waals surface area contributed by atoms with Gasteiger partial charge in [-0.05, 0) is 20.9 Å². The van der Waals surface area contributed by atoms with Crippen LogP contribution in [-0.4, -0.2) is 43.7 Å². The van der Waals surface area contributed by atoms with Crippen molar-refractivity contribution in [2.75, 3.05) is 43.9 Å². The van der Waals surface area contributed by atoms with Crippen molar-refractivity contribution in [3.8, 4) is 0 Å². The summed E-state index contributed by atoms with van der Waals surface area (Å²) in [4.78, 5) is 10.9. The van der Waals surface area contributed by atoms with Gasteiger partial charge in [0.15, 0.2) is 0 Å². The zero-order valence-corrected chi connectivity index (χ0v) is 10.5. The second-order valence-electron chi connectivity index (χ2n) is 3.71. The Bertz CT molecular complexity index is 326. The van der Waals surface area contributed by atoms with Crippen LogP contribution in [0.1, 0.15) is 12.7 Å². The molecular formula is C11H21N5. The Morgan fingerprint density at radius 1 is 1.38 bits per heavy atom. The molecule has 5 heteroatoms. The third-order valence-corrected chi connectivity index (χ3v) is 2.27. The van der Waals surface area contributed by atoms with Gasteiger partial charge in [0, 0.05) is 32.7 Å². The van der Waals surface area contributed by atoms with Crippen molar-refractivity contribution < 1.29 is 0 Å². The molecule has 16 heavy (non-hydrogen) atoms. The number of aryl methyl sites for hydroxylation is 1. The number of nitrogens with zero attached hydrogens (tertiary/aromatic N) is 3. The van der Waals surface area contributed by atoms with Gasteiger partial charge in [-0.25, -0.2) is 9.97 Å². The van der Waals surface area contributed by atoms with E-state index >= 15 is 0 Å². The van der Waals surface area contributed by atoms with Gasteiger partial charge in [0.05, 0.1) is 0 Å². The Labute approximate surface area is 97.3 Å². The standard InChI is InChI=1S/C11H21N5/c1-5-13-10-8-11(15-9(2)14-10)16(4)7-6-12-3/h8,12H,5-7H2,1-4H3,(H,13,14,15). The van der Waals surface area contributed by atoms with Crippen LogP contribution in [0.5, 0.6) is 0 Å². The molecule has 0 radical (unpaired) electrons. The number of rotatable bonds is 6. The maximum atomic E-state index is 4.42. The molecule has 1 aromatic rings. The third-order valence-electron chi connectivity index (χ3n) is 2.27. The molecule has 2 N–H and O–H groups in total. The Morgan fingerprint density at radius 3 is 2.75 bits per heavy atom. The first-order valence-electron chi connectivity index (χ1n) is 5.62. The summed E-state index contributed by atoms with van der Waals surface area (Å²) in [5, 5.41) is 6.33. The summed E-state index contributed by atoms with van der Waals surface area (Å²) in [6, 6.07) is 1.98. The molecule has 0 aliphatic rings. The summed E-state index contributed by atoms with van der Waals surface area (Å²) in [5.74, 6) is 2.64. The number of hydrogen-bond donors (Lipinski definition) is 2. The SMILES string of the molecule is CCNc1cc(N(C)CCNC)nc(C)n1. The van der Waals surface area contributed by atoms with Gasteiger partial charge < -0.3 is 15.5 Å². The molecule has 5 nitrogen and oxygen atoms in total. The first kappa shape index (κ1) is 12.7. The number of aromatic nitrogens is 2. The minimum absolute atomic E-state index is 0.796. The topological polar surface area (TPSA) is 53.1 Å². The lowest BCUT2D eigenvalue weighted by Gasteiger charge is -2.19. The molecule has 0 bridgehead atoms. The van der Waals surface area contributed by atoms with Gasteiger partial charge in [-0.2, -0.15) is 0 Å². The predicted molar refractivity (Wildman–Crippen MR) is 68.1 cm³/mol. The number of hydrogen-bond acceptors (Lipinski definition) is 5. The molecule has 0 aromatic carbocycles. The van der Waals surface area contributed by atoms with Crippen molar-refractivity contribution in [3.05, 3.63) is 11.9 Å². The zero-order valence-electron chi connectivity index (χ0n) is 10.5. The van der Waals surface area contributed by atoms with E-state index in [-0.39, 0.29) is 0 Å². The number of nitrogens with one attached hydrogen (secondary N) is 2. The van der Waals surface area contributed by atoms with Crippen LogP contribution >= 0.6 is 0 Å². The number of likely N-dealkylation sites (N-methyl/N-ethyl adjacent to an activating group) is 2. The summed E-state index contributed by atoms with van der Waals surface area (Å²) in [6.45, 7) is 6.71. The van der Waals surface area contributed by atoms with Crippen molar-refractivity contribution >= 4 is 11.6 Å². The average molecular weight is 223 g/mol. The van der Waals surface area contributed by atoms with Crippen LogP contribution in [-0.2, 0) is 0 Å². The predicted octanol–water partition coefficient (Wildman–Crippen LogP) is 0.872. The molecule has 0 saturated heterocycles. The van der Waals surface area contributed by atoms with E-state index in [4.69, 9.17) is 0 Å². The van der Waals surface area contributed by atoms with Crippen LogP contribution < -0.4 is 15.5 Å². The molecule has 1 aromatic heterocycles. The average Bonchev–Trinajstić information content (AvgIpc) is 2.25. The van der Waals surface area contributed by atoms with Crippen LogP contribution in [0.15, 0.2) is 6.07 Å². The normalized spacial score (nSPS) is 10.2. The Balaban J connectivity index is 2.78. The summed E-state index contributed by atoms with van der Waals surface area (Å²) >= 11 is 0. The summed E-state index contributed by atoms with van der Waals surface area (Å²) in [7, 11) is 3.98. The van der Waals surface area contributed by atoms with E-state index in [2.05, 4.69) is 32.4 Å². The molecule has 0 unspecified atom stereocenters. The van der Waals surface area contributed by atoms with Gasteiger partial charge in [0.25, 0.3) is 0 Å². The van der Waals surface area contributed by atoms with E-state index in [9.17, 15) is 0 Å². The summed E-state index contributed by atoms with van der Waals surface area (Å²) in [5.41, 5.74) is 0. The monoisotopic (exact) mass is 223 g/mol. The van der Waals surface area contributed by atoms with E-state index in [0.717, 1.165) is 37.1 Å². The molecule has 0 fully saturated rings. The van der Waals surface area contributed by atoms with Crippen LogP contribution in [0.25, 0.3) is 0 Å². The second kappa shape index (κ2) is 6.27. The van der Waals surface area contributed by atoms with Gasteiger partial charge in [0.2, 0.25) is 0 Å². The van der Waals surface area contributed by atoms with Gasteiger partial charge in [0.1, 0.15) is 17.5 Å². The van der Waals surface area contributed by atoms with Crippen LogP contribution in [0.3, 0.4) is 0 Å². The Hall–Kier alpha value is -1.36. The van der Waals surface area contributed by atoms with Crippen LogP contribution in [0, 0.1) is 6.92 Å². The fourth-order valence-electron chi connectivity index (χ4n) is 1.41. The zero-order chi connectivity index (χ0) is 12.0. The lowest BCUT2D eigenvalue weighted by atomic mass is 10.4. The lowest BCUT2D eigenvalue weighted by Crippen LogP contribution is -2.28. The third kappa shape index (κ3) is 3.66. The molecule has 90 valence electrons. The van der Waals surface area contributed by atoms with Crippen molar-refractivity contribution in [2.24, 2.45) is 0 Å². The molecule has 0 saturated carbocycles. The van der Waals surface area contributed by atoms with Crippen molar-refractivity contribution in [1.29, 1.82) is 0 Å². The van der Waals surface area contributed by atoms with Crippen molar-refractivity contribution in [3.63, 3.8) is 0 Å². The quantitative estimate of drug-likeness (QED) is 0.749. The smallest absolute Gasteiger partial charge is 0.134 e. The Kier molecular flexibility index (Phi) is 4.98. The molecular weight excluding hydrogens is 202 g/mol. The van der Waals surface area contributed by atoms with E-state index in [1.165, 1.54) is 0 Å². The largest absolute Gasteiger partial charge is 0.370 e. The van der Waals surface area contributed by atoms with Crippen molar-refractivity contribution in [1.82, 2.24) is 15.3 Å². The second-order valence-corrected chi connectivity index (χ2v) is 3.71. The maximum absolute atomic E-state index is 4.42. The fourth-order valence-corrected chi connectivity index (χ4v) is 1.41. The van der Waals surface area contributed by atoms with E-state index in [1.54, 1.807) is 0 Å². The molecule has 0 aliphatic heterocycles. The molecule has 0 spiro atoms. The van der Waals surface area contributed by atoms with Gasteiger partial charge in [-0.3, -0.25) is 0 Å². The molecule has 0 amide bonds. The van der Waals surface area contributed by atoms with Gasteiger partial charge in [-0.15, -0.1) is 0 Å². The van der Waals surface area contributed by atoms with E-state index in [1.807, 2.05) is 27.1 Å². The maximum Gasteiger partial charge on any atom is 0.134 e. The first-order valence-corrected chi connectivity index (χ1v) is 5.62. The van der Waals surface area contributed by atoms with Gasteiger partial charge in [-0.1, -0.05) is 0 Å². The van der Waals surface area contributed by atoms with Crippen LogP contribution in [0.4, 0.5) is 11.6 Å². The highest BCUT2D eigenvalue weighted by Gasteiger charge is 2.05. The molecule has 0 aliphatic carbocycles. The molecule has 1 heterocycles. The first-order chi connectivity index (χ1) is 7.67. The van der Waals surface area contributed by atoms with Crippen molar-refractivity contribution in [2.45, 2.75) is 13.8 Å². The summed E-state index contributed by atoms with van der Waals surface area (Å²) in [6.07, 6.45) is 0. The van der Waals surface area contributed by atoms with Crippen LogP contribution in [0.2, 0.25) is 0 Å². The highest BCUT2D eigenvalue weighted by Crippen LogP contribution is 2.13. The highest BCUT2D eigenvalue weighted by molar-refractivity contribution is 5.48. The van der Waals surface area contributed by atoms with E-state index in [0.29, 0.717) is 0 Å². The Morgan fingerprint density at radius 2 is 2.12 bits per heavy atom. The summed E-state index contributed by atoms with van der Waals surface area (Å²) < 4.78 is 0. The lowest BCUT2D eigenvalue weighted by molar-refractivity contribution is 0.759.